The Labute approximate surface area is 198 Å². The lowest BCUT2D eigenvalue weighted by Gasteiger charge is -2.22. The lowest BCUT2D eigenvalue weighted by atomic mass is 10.2. The molecule has 1 heterocycles. The molecule has 0 aliphatic heterocycles. The molecule has 0 aliphatic rings. The smallest absolute Gasteiger partial charge is 0.246 e. The van der Waals surface area contributed by atoms with E-state index >= 15 is 0 Å². The van der Waals surface area contributed by atoms with Gasteiger partial charge in [0.25, 0.3) is 0 Å². The number of hydrogen-bond acceptors (Lipinski definition) is 8. The first-order chi connectivity index (χ1) is 16.3. The Bertz CT molecular complexity index is 1190. The molecule has 182 valence electrons. The normalized spacial score (nSPS) is 11.1. The summed E-state index contributed by atoms with van der Waals surface area (Å²) in [4.78, 5) is 16.5. The summed E-state index contributed by atoms with van der Waals surface area (Å²) >= 11 is 0. The molecule has 1 aromatic heterocycles. The van der Waals surface area contributed by atoms with Crippen LogP contribution in [0.25, 0.3) is 11.4 Å². The maximum atomic E-state index is 12.3. The summed E-state index contributed by atoms with van der Waals surface area (Å²) in [5.74, 6) is 1.73. The third-order valence-electron chi connectivity index (χ3n) is 4.84. The van der Waals surface area contributed by atoms with Gasteiger partial charge in [-0.1, -0.05) is 11.2 Å². The van der Waals surface area contributed by atoms with E-state index in [1.807, 2.05) is 31.2 Å². The summed E-state index contributed by atoms with van der Waals surface area (Å²) in [6.07, 6.45) is 1.59. The number of anilines is 1. The van der Waals surface area contributed by atoms with Gasteiger partial charge in [-0.05, 0) is 49.7 Å². The van der Waals surface area contributed by atoms with Gasteiger partial charge in [-0.3, -0.25) is 9.10 Å². The second kappa shape index (κ2) is 11.5. The number of amides is 1. The van der Waals surface area contributed by atoms with Crippen LogP contribution in [0.1, 0.15) is 25.7 Å². The SMILES string of the molecule is CCOc1ccc(-c2noc(CNC(=O)CCCN(c3cccc(OC)c3)S(C)(=O)=O)n2)cc1. The zero-order valence-electron chi connectivity index (χ0n) is 19.4. The van der Waals surface area contributed by atoms with Crippen LogP contribution < -0.4 is 19.1 Å². The average molecular weight is 489 g/mol. The van der Waals surface area contributed by atoms with Gasteiger partial charge in [0.1, 0.15) is 11.5 Å². The van der Waals surface area contributed by atoms with E-state index in [4.69, 9.17) is 14.0 Å². The molecule has 1 N–H and O–H groups in total. The maximum Gasteiger partial charge on any atom is 0.246 e. The molecule has 34 heavy (non-hydrogen) atoms. The zero-order chi connectivity index (χ0) is 24.6. The Balaban J connectivity index is 1.50. The van der Waals surface area contributed by atoms with Crippen LogP contribution in [-0.2, 0) is 21.4 Å². The second-order valence-corrected chi connectivity index (χ2v) is 9.29. The number of rotatable bonds is 12. The van der Waals surface area contributed by atoms with E-state index in [0.29, 0.717) is 30.3 Å². The highest BCUT2D eigenvalue weighted by atomic mass is 32.2. The molecule has 10 nitrogen and oxygen atoms in total. The first-order valence-electron chi connectivity index (χ1n) is 10.7. The molecular formula is C23H28N4O6S. The van der Waals surface area contributed by atoms with Crippen molar-refractivity contribution < 1.29 is 27.2 Å². The summed E-state index contributed by atoms with van der Waals surface area (Å²) < 4.78 is 41.5. The predicted octanol–water partition coefficient (Wildman–Crippen LogP) is 3.01. The maximum absolute atomic E-state index is 12.3. The average Bonchev–Trinajstić information content (AvgIpc) is 3.29. The highest BCUT2D eigenvalue weighted by Crippen LogP contribution is 2.23. The first-order valence-corrected chi connectivity index (χ1v) is 12.6. The summed E-state index contributed by atoms with van der Waals surface area (Å²) in [5.41, 5.74) is 1.25. The molecule has 0 saturated carbocycles. The Morgan fingerprint density at radius 2 is 1.91 bits per heavy atom. The van der Waals surface area contributed by atoms with Crippen molar-refractivity contribution in [3.63, 3.8) is 0 Å². The van der Waals surface area contributed by atoms with Gasteiger partial charge in [-0.2, -0.15) is 4.98 Å². The van der Waals surface area contributed by atoms with Gasteiger partial charge in [-0.25, -0.2) is 8.42 Å². The standard InChI is InChI=1S/C23H28N4O6S/c1-4-32-19-12-10-17(11-13-19)23-25-22(33-26-23)16-24-21(28)9-6-14-27(34(3,29)30)18-7-5-8-20(15-18)31-2/h5,7-8,10-13,15H,4,6,9,14,16H2,1-3H3,(H,24,28). The summed E-state index contributed by atoms with van der Waals surface area (Å²) in [6.45, 7) is 2.73. The Morgan fingerprint density at radius 1 is 1.15 bits per heavy atom. The van der Waals surface area contributed by atoms with Gasteiger partial charge in [0.05, 0.1) is 32.2 Å². The van der Waals surface area contributed by atoms with Crippen molar-refractivity contribution in [1.29, 1.82) is 0 Å². The van der Waals surface area contributed by atoms with E-state index in [-0.39, 0.29) is 31.3 Å². The van der Waals surface area contributed by atoms with Crippen LogP contribution >= 0.6 is 0 Å². The molecule has 2 aromatic carbocycles. The van der Waals surface area contributed by atoms with Crippen LogP contribution in [0.2, 0.25) is 0 Å². The minimum atomic E-state index is -3.52. The molecule has 3 rings (SSSR count). The molecule has 0 atom stereocenters. The van der Waals surface area contributed by atoms with E-state index in [9.17, 15) is 13.2 Å². The van der Waals surface area contributed by atoms with Gasteiger partial charge in [0.15, 0.2) is 0 Å². The highest BCUT2D eigenvalue weighted by Gasteiger charge is 2.18. The summed E-state index contributed by atoms with van der Waals surface area (Å²) in [7, 11) is -2.01. The van der Waals surface area contributed by atoms with Gasteiger partial charge >= 0.3 is 0 Å². The monoisotopic (exact) mass is 488 g/mol. The van der Waals surface area contributed by atoms with E-state index in [0.717, 1.165) is 17.6 Å². The number of benzene rings is 2. The minimum absolute atomic E-state index is 0.0779. The number of carbonyl (C=O) groups excluding carboxylic acids is 1. The van der Waals surface area contributed by atoms with Gasteiger partial charge in [-0.15, -0.1) is 0 Å². The third kappa shape index (κ3) is 6.95. The molecule has 0 saturated heterocycles. The summed E-state index contributed by atoms with van der Waals surface area (Å²) in [6, 6.07) is 14.1. The van der Waals surface area contributed by atoms with Gasteiger partial charge in [0.2, 0.25) is 27.6 Å². The quantitative estimate of drug-likeness (QED) is 0.413. The van der Waals surface area contributed by atoms with Gasteiger partial charge < -0.3 is 19.3 Å². The topological polar surface area (TPSA) is 124 Å². The predicted molar refractivity (Wildman–Crippen MR) is 127 cm³/mol. The lowest BCUT2D eigenvalue weighted by molar-refractivity contribution is -0.121. The van der Waals surface area contributed by atoms with E-state index in [1.54, 1.807) is 24.3 Å². The van der Waals surface area contributed by atoms with Crippen molar-refractivity contribution in [2.24, 2.45) is 0 Å². The number of nitrogens with zero attached hydrogens (tertiary/aromatic N) is 3. The van der Waals surface area contributed by atoms with E-state index in [2.05, 4.69) is 15.5 Å². The molecule has 0 bridgehead atoms. The van der Waals surface area contributed by atoms with E-state index in [1.165, 1.54) is 11.4 Å². The largest absolute Gasteiger partial charge is 0.497 e. The summed E-state index contributed by atoms with van der Waals surface area (Å²) in [5, 5.41) is 6.66. The molecule has 11 heteroatoms. The molecule has 1 amide bonds. The Hall–Kier alpha value is -3.60. The fourth-order valence-corrected chi connectivity index (χ4v) is 4.17. The van der Waals surface area contributed by atoms with Crippen molar-refractivity contribution in [3.8, 4) is 22.9 Å². The van der Waals surface area contributed by atoms with Crippen molar-refractivity contribution in [3.05, 3.63) is 54.4 Å². The Kier molecular flexibility index (Phi) is 8.47. The second-order valence-electron chi connectivity index (χ2n) is 7.39. The van der Waals surface area contributed by atoms with Crippen LogP contribution in [0, 0.1) is 0 Å². The first kappa shape index (κ1) is 25.0. The molecule has 0 unspecified atom stereocenters. The molecular weight excluding hydrogens is 460 g/mol. The number of carbonyl (C=O) groups is 1. The molecule has 0 fully saturated rings. The fourth-order valence-electron chi connectivity index (χ4n) is 3.21. The van der Waals surface area contributed by atoms with Crippen LogP contribution in [0.3, 0.4) is 0 Å². The number of ether oxygens (including phenoxy) is 2. The third-order valence-corrected chi connectivity index (χ3v) is 6.03. The zero-order valence-corrected chi connectivity index (χ0v) is 20.2. The van der Waals surface area contributed by atoms with Crippen molar-refractivity contribution in [1.82, 2.24) is 15.5 Å². The number of methoxy groups -OCH3 is 1. The molecule has 0 aliphatic carbocycles. The number of hydrogen-bond donors (Lipinski definition) is 1. The molecule has 3 aromatic rings. The molecule has 0 spiro atoms. The van der Waals surface area contributed by atoms with Crippen molar-refractivity contribution in [2.75, 3.05) is 30.8 Å². The highest BCUT2D eigenvalue weighted by molar-refractivity contribution is 7.92. The van der Waals surface area contributed by atoms with Crippen molar-refractivity contribution >= 4 is 21.6 Å². The van der Waals surface area contributed by atoms with Crippen LogP contribution in [0.15, 0.2) is 53.1 Å². The Morgan fingerprint density at radius 3 is 2.59 bits per heavy atom. The fraction of sp³-hybridized carbons (Fsp3) is 0.348. The van der Waals surface area contributed by atoms with Crippen LogP contribution in [0.5, 0.6) is 11.5 Å². The van der Waals surface area contributed by atoms with Gasteiger partial charge in [0, 0.05) is 24.6 Å². The number of aromatic nitrogens is 2. The van der Waals surface area contributed by atoms with Crippen LogP contribution in [-0.4, -0.2) is 51.0 Å². The van der Waals surface area contributed by atoms with E-state index < -0.39 is 10.0 Å². The molecule has 0 radical (unpaired) electrons. The van der Waals surface area contributed by atoms with Crippen LogP contribution in [0.4, 0.5) is 5.69 Å². The lowest BCUT2D eigenvalue weighted by Crippen LogP contribution is -2.32. The number of sulfonamides is 1. The number of nitrogens with one attached hydrogen (secondary N) is 1. The van der Waals surface area contributed by atoms with Crippen molar-refractivity contribution in [2.45, 2.75) is 26.3 Å². The minimum Gasteiger partial charge on any atom is -0.497 e.